The largest absolute Gasteiger partial charge is 0.497 e. The van der Waals surface area contributed by atoms with Gasteiger partial charge in [0.25, 0.3) is 10.0 Å². The first-order valence-corrected chi connectivity index (χ1v) is 9.35. The quantitative estimate of drug-likeness (QED) is 0.927. The van der Waals surface area contributed by atoms with Gasteiger partial charge in [-0.1, -0.05) is 18.2 Å². The highest BCUT2D eigenvalue weighted by atomic mass is 32.2. The zero-order chi connectivity index (χ0) is 15.6. The number of sulfonamides is 1. The van der Waals surface area contributed by atoms with Crippen LogP contribution in [0, 0.1) is 0 Å². The fraction of sp³-hybridized carbons (Fsp3) is 0.333. The Hall–Kier alpha value is -1.41. The van der Waals surface area contributed by atoms with Crippen molar-refractivity contribution in [3.8, 4) is 5.75 Å². The van der Waals surface area contributed by atoms with Crippen molar-refractivity contribution in [1.82, 2.24) is 9.62 Å². The van der Waals surface area contributed by atoms with E-state index in [1.807, 2.05) is 24.3 Å². The first-order chi connectivity index (χ1) is 10.6. The molecule has 22 heavy (non-hydrogen) atoms. The summed E-state index contributed by atoms with van der Waals surface area (Å²) in [6.07, 6.45) is 0. The van der Waals surface area contributed by atoms with Crippen LogP contribution in [0.5, 0.6) is 5.75 Å². The molecule has 0 aliphatic carbocycles. The van der Waals surface area contributed by atoms with E-state index >= 15 is 0 Å². The van der Waals surface area contributed by atoms with Crippen LogP contribution in [0.1, 0.15) is 11.6 Å². The fourth-order valence-corrected chi connectivity index (χ4v) is 5.34. The zero-order valence-electron chi connectivity index (χ0n) is 12.2. The Balaban J connectivity index is 1.94. The average Bonchev–Trinajstić information content (AvgIpc) is 3.10. The van der Waals surface area contributed by atoms with Gasteiger partial charge < -0.3 is 10.1 Å². The van der Waals surface area contributed by atoms with E-state index in [9.17, 15) is 8.42 Å². The number of nitrogens with one attached hydrogen (secondary N) is 1. The molecule has 2 aromatic rings. The minimum atomic E-state index is -3.45. The lowest BCUT2D eigenvalue weighted by atomic mass is 10.1. The summed E-state index contributed by atoms with van der Waals surface area (Å²) in [6.45, 7) is 1.74. The maximum atomic E-state index is 12.8. The van der Waals surface area contributed by atoms with Crippen LogP contribution >= 0.6 is 11.3 Å². The third-order valence-electron chi connectivity index (χ3n) is 3.75. The van der Waals surface area contributed by atoms with Crippen molar-refractivity contribution in [1.29, 1.82) is 0 Å². The topological polar surface area (TPSA) is 58.6 Å². The molecule has 1 unspecified atom stereocenters. The molecule has 5 nitrogen and oxygen atoms in total. The van der Waals surface area contributed by atoms with Gasteiger partial charge in [0, 0.05) is 19.6 Å². The van der Waals surface area contributed by atoms with Crippen molar-refractivity contribution in [3.63, 3.8) is 0 Å². The first-order valence-electron chi connectivity index (χ1n) is 7.03. The van der Waals surface area contributed by atoms with Gasteiger partial charge in [0.15, 0.2) is 0 Å². The van der Waals surface area contributed by atoms with Crippen molar-refractivity contribution in [2.45, 2.75) is 10.3 Å². The normalized spacial score (nSPS) is 20.0. The number of hydrogen-bond acceptors (Lipinski definition) is 5. The molecular formula is C15H18N2O3S2. The third-order valence-corrected chi connectivity index (χ3v) is 7.03. The summed E-state index contributed by atoms with van der Waals surface area (Å²) >= 11 is 1.26. The number of rotatable bonds is 4. The van der Waals surface area contributed by atoms with Crippen LogP contribution in [0.2, 0.25) is 0 Å². The summed E-state index contributed by atoms with van der Waals surface area (Å²) in [5.74, 6) is 0.764. The molecule has 2 heterocycles. The van der Waals surface area contributed by atoms with E-state index in [4.69, 9.17) is 4.74 Å². The molecule has 1 aromatic carbocycles. The highest BCUT2D eigenvalue weighted by Gasteiger charge is 2.34. The summed E-state index contributed by atoms with van der Waals surface area (Å²) in [6, 6.07) is 10.8. The van der Waals surface area contributed by atoms with E-state index in [-0.39, 0.29) is 6.04 Å². The Labute approximate surface area is 134 Å². The van der Waals surface area contributed by atoms with Crippen LogP contribution in [-0.4, -0.2) is 39.5 Å². The Bertz CT molecular complexity index is 712. The number of ether oxygens (including phenoxy) is 1. The molecule has 0 amide bonds. The molecule has 1 saturated heterocycles. The SMILES string of the molecule is COc1ccc(C2CNCCN2S(=O)(=O)c2cccs2)cc1. The van der Waals surface area contributed by atoms with Gasteiger partial charge in [-0.05, 0) is 29.1 Å². The molecule has 3 rings (SSSR count). The zero-order valence-corrected chi connectivity index (χ0v) is 13.9. The van der Waals surface area contributed by atoms with E-state index < -0.39 is 10.0 Å². The minimum Gasteiger partial charge on any atom is -0.497 e. The second-order valence-electron chi connectivity index (χ2n) is 5.04. The monoisotopic (exact) mass is 338 g/mol. The van der Waals surface area contributed by atoms with Crippen molar-refractivity contribution in [2.24, 2.45) is 0 Å². The van der Waals surface area contributed by atoms with Crippen LogP contribution in [0.25, 0.3) is 0 Å². The van der Waals surface area contributed by atoms with Gasteiger partial charge in [0.2, 0.25) is 0 Å². The smallest absolute Gasteiger partial charge is 0.253 e. The molecule has 1 aromatic heterocycles. The highest BCUT2D eigenvalue weighted by Crippen LogP contribution is 2.31. The van der Waals surface area contributed by atoms with Gasteiger partial charge in [-0.25, -0.2) is 8.42 Å². The minimum absolute atomic E-state index is 0.202. The summed E-state index contributed by atoms with van der Waals surface area (Å²) in [4.78, 5) is 0. The Morgan fingerprint density at radius 2 is 2.05 bits per heavy atom. The molecule has 1 fully saturated rings. The molecule has 0 saturated carbocycles. The molecule has 7 heteroatoms. The molecule has 0 bridgehead atoms. The van der Waals surface area contributed by atoms with Gasteiger partial charge in [-0.15, -0.1) is 11.3 Å². The van der Waals surface area contributed by atoms with Crippen molar-refractivity contribution in [2.75, 3.05) is 26.7 Å². The highest BCUT2D eigenvalue weighted by molar-refractivity contribution is 7.91. The van der Waals surface area contributed by atoms with Gasteiger partial charge in [0.05, 0.1) is 13.2 Å². The molecule has 1 N–H and O–H groups in total. The second kappa shape index (κ2) is 6.37. The number of piperazine rings is 1. The maximum absolute atomic E-state index is 12.8. The van der Waals surface area contributed by atoms with E-state index in [1.54, 1.807) is 28.9 Å². The van der Waals surface area contributed by atoms with Crippen LogP contribution in [0.3, 0.4) is 0 Å². The number of benzene rings is 1. The molecule has 1 aliphatic heterocycles. The summed E-state index contributed by atoms with van der Waals surface area (Å²) < 4.78 is 32.8. The Morgan fingerprint density at radius 3 is 2.68 bits per heavy atom. The predicted molar refractivity (Wildman–Crippen MR) is 86.8 cm³/mol. The number of nitrogens with zero attached hydrogens (tertiary/aromatic N) is 1. The lowest BCUT2D eigenvalue weighted by molar-refractivity contribution is 0.272. The molecular weight excluding hydrogens is 320 g/mol. The van der Waals surface area contributed by atoms with Crippen LogP contribution < -0.4 is 10.1 Å². The van der Waals surface area contributed by atoms with Crippen molar-refractivity contribution in [3.05, 3.63) is 47.3 Å². The van der Waals surface area contributed by atoms with Gasteiger partial charge in [0.1, 0.15) is 9.96 Å². The first kappa shape index (κ1) is 15.5. The fourth-order valence-electron chi connectivity index (χ4n) is 2.61. The maximum Gasteiger partial charge on any atom is 0.253 e. The predicted octanol–water partition coefficient (Wildman–Crippen LogP) is 2.09. The summed E-state index contributed by atoms with van der Waals surface area (Å²) in [5, 5.41) is 5.06. The average molecular weight is 338 g/mol. The Kier molecular flexibility index (Phi) is 4.49. The van der Waals surface area contributed by atoms with Crippen LogP contribution in [-0.2, 0) is 10.0 Å². The van der Waals surface area contributed by atoms with Gasteiger partial charge in [-0.3, -0.25) is 0 Å². The van der Waals surface area contributed by atoms with E-state index in [0.29, 0.717) is 23.8 Å². The Morgan fingerprint density at radius 1 is 1.27 bits per heavy atom. The number of hydrogen-bond donors (Lipinski definition) is 1. The molecule has 0 spiro atoms. The summed E-state index contributed by atoms with van der Waals surface area (Å²) in [7, 11) is -1.84. The van der Waals surface area contributed by atoms with E-state index in [2.05, 4.69) is 5.32 Å². The standard InChI is InChI=1S/C15H18N2O3S2/c1-20-13-6-4-12(5-7-13)14-11-16-8-9-17(14)22(18,19)15-3-2-10-21-15/h2-7,10,14,16H,8-9,11H2,1H3. The van der Waals surface area contributed by atoms with Crippen LogP contribution in [0.15, 0.2) is 46.0 Å². The molecule has 1 atom stereocenters. The van der Waals surface area contributed by atoms with E-state index in [0.717, 1.165) is 11.3 Å². The third kappa shape index (κ3) is 2.89. The van der Waals surface area contributed by atoms with Gasteiger partial charge >= 0.3 is 0 Å². The molecule has 1 aliphatic rings. The second-order valence-corrected chi connectivity index (χ2v) is 8.11. The number of thiophene rings is 1. The lowest BCUT2D eigenvalue weighted by Gasteiger charge is -2.35. The molecule has 118 valence electrons. The summed E-state index contributed by atoms with van der Waals surface area (Å²) in [5.41, 5.74) is 0.966. The van der Waals surface area contributed by atoms with Crippen molar-refractivity contribution < 1.29 is 13.2 Å². The number of methoxy groups -OCH3 is 1. The lowest BCUT2D eigenvalue weighted by Crippen LogP contribution is -2.48. The van der Waals surface area contributed by atoms with Gasteiger partial charge in [-0.2, -0.15) is 4.31 Å². The van der Waals surface area contributed by atoms with Crippen molar-refractivity contribution >= 4 is 21.4 Å². The van der Waals surface area contributed by atoms with E-state index in [1.165, 1.54) is 11.3 Å². The molecule has 0 radical (unpaired) electrons. The van der Waals surface area contributed by atoms with Crippen LogP contribution in [0.4, 0.5) is 0 Å².